The van der Waals surface area contributed by atoms with Gasteiger partial charge in [0.25, 0.3) is 15.7 Å². The molecule has 0 heterocycles. The maximum absolute atomic E-state index is 12.9. The Kier molecular flexibility index (Phi) is 6.64. The standard InChI is InChI=1S/C18H20N2O8S/c1-11-7-14(28-10-17(21)27-4)8-12(2)18(11)29(24,25)19-15-6-5-13(26-3)9-16(15)20(22)23/h5-9,19H,10H2,1-4H3. The maximum Gasteiger partial charge on any atom is 0.343 e. The largest absolute Gasteiger partial charge is 0.496 e. The topological polar surface area (TPSA) is 134 Å². The average molecular weight is 424 g/mol. The summed E-state index contributed by atoms with van der Waals surface area (Å²) in [5.41, 5.74) is 0.0453. The number of carbonyl (C=O) groups excluding carboxylic acids is 1. The number of esters is 1. The number of anilines is 1. The molecule has 0 fully saturated rings. The third kappa shape index (κ3) is 5.13. The molecular formula is C18H20N2O8S. The van der Waals surface area contributed by atoms with Gasteiger partial charge in [-0.3, -0.25) is 14.8 Å². The molecule has 0 aliphatic carbocycles. The van der Waals surface area contributed by atoms with Gasteiger partial charge in [0, 0.05) is 0 Å². The number of sulfonamides is 1. The van der Waals surface area contributed by atoms with Crippen molar-refractivity contribution in [2.45, 2.75) is 18.7 Å². The van der Waals surface area contributed by atoms with Gasteiger partial charge in [-0.1, -0.05) is 0 Å². The summed E-state index contributed by atoms with van der Waals surface area (Å²) in [4.78, 5) is 21.8. The fourth-order valence-electron chi connectivity index (χ4n) is 2.69. The molecule has 0 spiro atoms. The van der Waals surface area contributed by atoms with Crippen LogP contribution in [-0.4, -0.2) is 40.1 Å². The van der Waals surface area contributed by atoms with E-state index < -0.39 is 26.6 Å². The molecule has 2 rings (SSSR count). The van der Waals surface area contributed by atoms with Crippen LogP contribution >= 0.6 is 0 Å². The molecule has 11 heteroatoms. The molecule has 0 unspecified atom stereocenters. The van der Waals surface area contributed by atoms with Crippen molar-refractivity contribution in [2.75, 3.05) is 25.5 Å². The highest BCUT2D eigenvalue weighted by Crippen LogP contribution is 2.33. The van der Waals surface area contributed by atoms with Gasteiger partial charge < -0.3 is 14.2 Å². The van der Waals surface area contributed by atoms with Gasteiger partial charge in [0.2, 0.25) is 0 Å². The van der Waals surface area contributed by atoms with Crippen molar-refractivity contribution >= 4 is 27.4 Å². The van der Waals surface area contributed by atoms with Crippen molar-refractivity contribution in [3.63, 3.8) is 0 Å². The first-order chi connectivity index (χ1) is 13.6. The molecule has 2 aromatic carbocycles. The van der Waals surface area contributed by atoms with Crippen molar-refractivity contribution in [2.24, 2.45) is 0 Å². The van der Waals surface area contributed by atoms with Crippen molar-refractivity contribution in [3.05, 3.63) is 51.6 Å². The molecule has 10 nitrogen and oxygen atoms in total. The normalized spacial score (nSPS) is 10.9. The van der Waals surface area contributed by atoms with Crippen LogP contribution in [0.1, 0.15) is 11.1 Å². The summed E-state index contributed by atoms with van der Waals surface area (Å²) in [7, 11) is -1.57. The second-order valence-corrected chi connectivity index (χ2v) is 7.62. The zero-order valence-electron chi connectivity index (χ0n) is 16.2. The Morgan fingerprint density at radius 1 is 1.10 bits per heavy atom. The summed E-state index contributed by atoms with van der Waals surface area (Å²) in [5, 5.41) is 11.3. The predicted molar refractivity (Wildman–Crippen MR) is 104 cm³/mol. The number of hydrogen-bond acceptors (Lipinski definition) is 8. The predicted octanol–water partition coefficient (Wildman–Crippen LogP) is 2.57. The number of rotatable bonds is 8. The molecule has 1 N–H and O–H groups in total. The molecule has 0 aliphatic heterocycles. The fraction of sp³-hybridized carbons (Fsp3) is 0.278. The number of aryl methyl sites for hydroxylation is 2. The maximum atomic E-state index is 12.9. The number of benzene rings is 2. The molecule has 0 aromatic heterocycles. The first-order valence-corrected chi connectivity index (χ1v) is 9.73. The minimum atomic E-state index is -4.15. The molecule has 29 heavy (non-hydrogen) atoms. The number of nitrogens with zero attached hydrogens (tertiary/aromatic N) is 1. The molecule has 0 bridgehead atoms. The van der Waals surface area contributed by atoms with Crippen molar-refractivity contribution in [3.8, 4) is 11.5 Å². The molecule has 2 aromatic rings. The third-order valence-corrected chi connectivity index (χ3v) is 5.60. The minimum absolute atomic E-state index is 0.0481. The van der Waals surface area contributed by atoms with E-state index in [-0.39, 0.29) is 22.9 Å². The summed E-state index contributed by atoms with van der Waals surface area (Å²) in [5.74, 6) is -0.0654. The van der Waals surface area contributed by atoms with Crippen LogP contribution in [0.2, 0.25) is 0 Å². The van der Waals surface area contributed by atoms with E-state index in [9.17, 15) is 23.3 Å². The molecule has 0 saturated heterocycles. The van der Waals surface area contributed by atoms with Crippen molar-refractivity contribution < 1.29 is 32.3 Å². The van der Waals surface area contributed by atoms with Gasteiger partial charge in [0.15, 0.2) is 6.61 Å². The fourth-order valence-corrected chi connectivity index (χ4v) is 4.22. The number of hydrogen-bond donors (Lipinski definition) is 1. The van der Waals surface area contributed by atoms with Crippen LogP contribution in [0.3, 0.4) is 0 Å². The third-order valence-electron chi connectivity index (χ3n) is 3.93. The van der Waals surface area contributed by atoms with Crippen LogP contribution in [0.15, 0.2) is 35.2 Å². The zero-order chi connectivity index (χ0) is 21.8. The van der Waals surface area contributed by atoms with Crippen LogP contribution in [0.5, 0.6) is 11.5 Å². The highest BCUT2D eigenvalue weighted by molar-refractivity contribution is 7.92. The Balaban J connectivity index is 2.39. The molecule has 0 atom stereocenters. The van der Waals surface area contributed by atoms with Crippen LogP contribution in [0.25, 0.3) is 0 Å². The Morgan fingerprint density at radius 3 is 2.24 bits per heavy atom. The van der Waals surface area contributed by atoms with Gasteiger partial charge in [-0.25, -0.2) is 13.2 Å². The van der Waals surface area contributed by atoms with Gasteiger partial charge in [-0.05, 0) is 49.2 Å². The van der Waals surface area contributed by atoms with Gasteiger partial charge in [0.1, 0.15) is 17.2 Å². The SMILES string of the molecule is COC(=O)COc1cc(C)c(S(=O)(=O)Nc2ccc(OC)cc2[N+](=O)[O-])c(C)c1. The molecule has 0 amide bonds. The molecule has 156 valence electrons. The lowest BCUT2D eigenvalue weighted by Gasteiger charge is -2.15. The molecule has 0 radical (unpaired) electrons. The lowest BCUT2D eigenvalue weighted by atomic mass is 10.1. The van der Waals surface area contributed by atoms with Crippen LogP contribution in [0, 0.1) is 24.0 Å². The highest BCUT2D eigenvalue weighted by atomic mass is 32.2. The summed E-state index contributed by atoms with van der Waals surface area (Å²) < 4.78 is 42.8. The van der Waals surface area contributed by atoms with Crippen LogP contribution in [0.4, 0.5) is 11.4 Å². The zero-order valence-corrected chi connectivity index (χ0v) is 17.0. The number of nitro benzene ring substituents is 1. The summed E-state index contributed by atoms with van der Waals surface area (Å²) in [6, 6.07) is 6.70. The Morgan fingerprint density at radius 2 is 1.72 bits per heavy atom. The second kappa shape index (κ2) is 8.78. The molecule has 0 aliphatic rings. The molecular weight excluding hydrogens is 404 g/mol. The van der Waals surface area contributed by atoms with E-state index in [1.165, 1.54) is 38.5 Å². The highest BCUT2D eigenvalue weighted by Gasteiger charge is 2.25. The first-order valence-electron chi connectivity index (χ1n) is 8.25. The van der Waals surface area contributed by atoms with Crippen molar-refractivity contribution in [1.29, 1.82) is 0 Å². The van der Waals surface area contributed by atoms with E-state index in [4.69, 9.17) is 9.47 Å². The van der Waals surface area contributed by atoms with Crippen LogP contribution < -0.4 is 14.2 Å². The van der Waals surface area contributed by atoms with Gasteiger partial charge in [0.05, 0.1) is 30.1 Å². The summed E-state index contributed by atoms with van der Waals surface area (Å²) >= 11 is 0. The Bertz CT molecular complexity index is 1030. The van der Waals surface area contributed by atoms with Gasteiger partial charge in [-0.15, -0.1) is 0 Å². The number of carbonyl (C=O) groups is 1. The Hall–Kier alpha value is -3.34. The smallest absolute Gasteiger partial charge is 0.343 e. The first kappa shape index (κ1) is 22.0. The number of nitrogens with one attached hydrogen (secondary N) is 1. The molecule has 0 saturated carbocycles. The Labute approximate surface area is 167 Å². The number of ether oxygens (including phenoxy) is 3. The van der Waals surface area contributed by atoms with E-state index in [0.29, 0.717) is 16.9 Å². The van der Waals surface area contributed by atoms with E-state index in [0.717, 1.165) is 6.07 Å². The van der Waals surface area contributed by atoms with E-state index in [1.807, 2.05) is 0 Å². The van der Waals surface area contributed by atoms with E-state index in [2.05, 4.69) is 9.46 Å². The lowest BCUT2D eigenvalue weighted by molar-refractivity contribution is -0.384. The van der Waals surface area contributed by atoms with Gasteiger partial charge in [-0.2, -0.15) is 0 Å². The lowest BCUT2D eigenvalue weighted by Crippen LogP contribution is -2.17. The average Bonchev–Trinajstić information content (AvgIpc) is 2.65. The van der Waals surface area contributed by atoms with Crippen LogP contribution in [-0.2, 0) is 19.6 Å². The number of nitro groups is 1. The number of methoxy groups -OCH3 is 2. The van der Waals surface area contributed by atoms with E-state index in [1.54, 1.807) is 13.8 Å². The summed E-state index contributed by atoms with van der Waals surface area (Å²) in [6.45, 7) is 2.78. The van der Waals surface area contributed by atoms with Gasteiger partial charge >= 0.3 is 5.97 Å². The van der Waals surface area contributed by atoms with E-state index >= 15 is 0 Å². The minimum Gasteiger partial charge on any atom is -0.496 e. The second-order valence-electron chi connectivity index (χ2n) is 6.00. The van der Waals surface area contributed by atoms with Crippen molar-refractivity contribution in [1.82, 2.24) is 0 Å². The monoisotopic (exact) mass is 424 g/mol. The summed E-state index contributed by atoms with van der Waals surface area (Å²) in [6.07, 6.45) is 0. The quantitative estimate of drug-likeness (QED) is 0.388.